The molecule has 4 aromatic rings. The summed E-state index contributed by atoms with van der Waals surface area (Å²) in [5.41, 5.74) is 6.00. The second-order valence-corrected chi connectivity index (χ2v) is 9.00. The molecule has 0 saturated carbocycles. The summed E-state index contributed by atoms with van der Waals surface area (Å²) in [7, 11) is 0. The van der Waals surface area contributed by atoms with E-state index in [0.717, 1.165) is 26.6 Å². The molecule has 2 nitrogen and oxygen atoms in total. The summed E-state index contributed by atoms with van der Waals surface area (Å²) < 4.78 is 0. The molecule has 0 fully saturated rings. The smallest absolute Gasteiger partial charge is 0.128 e. The maximum atomic E-state index is 6.32. The number of nitrogens with zero attached hydrogens (tertiary/aromatic N) is 2. The predicted octanol–water partition coefficient (Wildman–Crippen LogP) is 7.57. The van der Waals surface area contributed by atoms with E-state index in [1.165, 1.54) is 22.3 Å². The number of rotatable bonds is 4. The summed E-state index contributed by atoms with van der Waals surface area (Å²) in [5, 5.41) is 5.58. The van der Waals surface area contributed by atoms with Gasteiger partial charge in [0.15, 0.2) is 0 Å². The molecule has 0 amide bonds. The van der Waals surface area contributed by atoms with Crippen LogP contribution >= 0.6 is 46.3 Å². The van der Waals surface area contributed by atoms with Crippen molar-refractivity contribution in [2.45, 2.75) is 24.6 Å². The number of thioether (sulfide) groups is 1. The number of aryl methyl sites for hydroxylation is 2. The molecule has 0 radical (unpaired) electrons. The third-order valence-corrected chi connectivity index (χ3v) is 7.04. The Labute approximate surface area is 176 Å². The SMILES string of the molecule is Cc1ccc(-c2csc3ncnc(SCc4ccc(Cl)cc4Cl)c23)cc1C. The van der Waals surface area contributed by atoms with Gasteiger partial charge in [0.05, 0.1) is 5.39 Å². The van der Waals surface area contributed by atoms with Crippen LogP contribution < -0.4 is 0 Å². The zero-order valence-electron chi connectivity index (χ0n) is 14.8. The lowest BCUT2D eigenvalue weighted by atomic mass is 10.0. The number of halogens is 2. The molecule has 0 unspecified atom stereocenters. The molecule has 2 heterocycles. The van der Waals surface area contributed by atoms with E-state index in [-0.39, 0.29) is 0 Å². The second kappa shape index (κ2) is 7.80. The zero-order valence-corrected chi connectivity index (χ0v) is 17.9. The standard InChI is InChI=1S/C21H16Cl2N2S2/c1-12-3-4-14(7-13(12)2)17-10-27-21-19(17)20(24-11-25-21)26-9-15-5-6-16(22)8-18(15)23/h3-8,10-11H,9H2,1-2H3. The van der Waals surface area contributed by atoms with E-state index in [4.69, 9.17) is 23.2 Å². The Hall–Kier alpha value is -1.59. The predicted molar refractivity (Wildman–Crippen MR) is 118 cm³/mol. The molecule has 0 bridgehead atoms. The number of thiophene rings is 1. The molecule has 2 aromatic carbocycles. The minimum Gasteiger partial charge on any atom is -0.229 e. The van der Waals surface area contributed by atoms with Gasteiger partial charge in [-0.3, -0.25) is 0 Å². The fourth-order valence-electron chi connectivity index (χ4n) is 2.86. The van der Waals surface area contributed by atoms with Crippen LogP contribution in [-0.4, -0.2) is 9.97 Å². The van der Waals surface area contributed by atoms with Crippen molar-refractivity contribution in [3.05, 3.63) is 74.8 Å². The van der Waals surface area contributed by atoms with Crippen LogP contribution in [0.2, 0.25) is 10.0 Å². The van der Waals surface area contributed by atoms with Gasteiger partial charge in [-0.25, -0.2) is 9.97 Å². The lowest BCUT2D eigenvalue weighted by Gasteiger charge is -2.08. The van der Waals surface area contributed by atoms with Crippen LogP contribution in [0.1, 0.15) is 16.7 Å². The Morgan fingerprint density at radius 1 is 1.00 bits per heavy atom. The van der Waals surface area contributed by atoms with Crippen LogP contribution in [0.4, 0.5) is 0 Å². The molecule has 136 valence electrons. The molecule has 27 heavy (non-hydrogen) atoms. The van der Waals surface area contributed by atoms with E-state index in [2.05, 4.69) is 47.4 Å². The first-order valence-corrected chi connectivity index (χ1v) is 11.0. The second-order valence-electron chi connectivity index (χ2n) is 6.33. The molecule has 0 aliphatic carbocycles. The monoisotopic (exact) mass is 430 g/mol. The summed E-state index contributed by atoms with van der Waals surface area (Å²) in [4.78, 5) is 10.0. The van der Waals surface area contributed by atoms with Gasteiger partial charge in [0.25, 0.3) is 0 Å². The van der Waals surface area contributed by atoms with Gasteiger partial charge in [0.2, 0.25) is 0 Å². The lowest BCUT2D eigenvalue weighted by molar-refractivity contribution is 1.11. The number of hydrogen-bond donors (Lipinski definition) is 0. The number of fused-ring (bicyclic) bond motifs is 1. The fraction of sp³-hybridized carbons (Fsp3) is 0.143. The van der Waals surface area contributed by atoms with Crippen molar-refractivity contribution in [2.75, 3.05) is 0 Å². The van der Waals surface area contributed by atoms with Crippen LogP contribution in [-0.2, 0) is 5.75 Å². The molecule has 0 aliphatic heterocycles. The van der Waals surface area contributed by atoms with Gasteiger partial charge < -0.3 is 0 Å². The van der Waals surface area contributed by atoms with E-state index in [9.17, 15) is 0 Å². The van der Waals surface area contributed by atoms with Crippen LogP contribution in [0, 0.1) is 13.8 Å². The lowest BCUT2D eigenvalue weighted by Crippen LogP contribution is -1.89. The first-order valence-electron chi connectivity index (χ1n) is 8.39. The molecule has 0 aliphatic rings. The van der Waals surface area contributed by atoms with Gasteiger partial charge in [-0.15, -0.1) is 23.1 Å². The summed E-state index contributed by atoms with van der Waals surface area (Å²) in [6.45, 7) is 4.27. The van der Waals surface area contributed by atoms with Crippen molar-refractivity contribution in [1.29, 1.82) is 0 Å². The van der Waals surface area contributed by atoms with Crippen LogP contribution in [0.15, 0.2) is 53.1 Å². The average Bonchev–Trinajstić information content (AvgIpc) is 3.08. The average molecular weight is 431 g/mol. The minimum atomic E-state index is 0.646. The Kier molecular flexibility index (Phi) is 5.42. The zero-order chi connectivity index (χ0) is 19.0. The van der Waals surface area contributed by atoms with E-state index >= 15 is 0 Å². The number of aromatic nitrogens is 2. The Morgan fingerprint density at radius 2 is 1.85 bits per heavy atom. The Morgan fingerprint density at radius 3 is 2.63 bits per heavy atom. The van der Waals surface area contributed by atoms with E-state index in [0.29, 0.717) is 10.0 Å². The van der Waals surface area contributed by atoms with Gasteiger partial charge >= 0.3 is 0 Å². The van der Waals surface area contributed by atoms with Crippen molar-refractivity contribution in [3.8, 4) is 11.1 Å². The van der Waals surface area contributed by atoms with Gasteiger partial charge in [0.1, 0.15) is 16.2 Å². The topological polar surface area (TPSA) is 25.8 Å². The van der Waals surface area contributed by atoms with Crippen molar-refractivity contribution in [3.63, 3.8) is 0 Å². The quantitative estimate of drug-likeness (QED) is 0.246. The van der Waals surface area contributed by atoms with Crippen molar-refractivity contribution in [1.82, 2.24) is 9.97 Å². The molecule has 0 N–H and O–H groups in total. The molecular formula is C21H16Cl2N2S2. The third-order valence-electron chi connectivity index (χ3n) is 4.53. The first-order chi connectivity index (χ1) is 13.0. The Balaban J connectivity index is 1.73. The summed E-state index contributed by atoms with van der Waals surface area (Å²) in [5.74, 6) is 0.727. The number of benzene rings is 2. The normalized spacial score (nSPS) is 11.3. The molecule has 0 saturated heterocycles. The van der Waals surface area contributed by atoms with Gasteiger partial charge in [-0.05, 0) is 48.2 Å². The van der Waals surface area contributed by atoms with Crippen LogP contribution in [0.5, 0.6) is 0 Å². The first kappa shape index (κ1) is 18.8. The largest absolute Gasteiger partial charge is 0.229 e. The summed E-state index contributed by atoms with van der Waals surface area (Å²) in [6, 6.07) is 12.2. The molecule has 6 heteroatoms. The highest BCUT2D eigenvalue weighted by molar-refractivity contribution is 7.98. The molecule has 0 atom stereocenters. The maximum absolute atomic E-state index is 6.32. The maximum Gasteiger partial charge on any atom is 0.128 e. The number of hydrogen-bond acceptors (Lipinski definition) is 4. The van der Waals surface area contributed by atoms with E-state index in [1.807, 2.05) is 12.1 Å². The van der Waals surface area contributed by atoms with Crippen LogP contribution in [0.25, 0.3) is 21.3 Å². The molecule has 0 spiro atoms. The van der Waals surface area contributed by atoms with Crippen molar-refractivity contribution >= 4 is 56.5 Å². The summed E-state index contributed by atoms with van der Waals surface area (Å²) >= 11 is 15.6. The van der Waals surface area contributed by atoms with Crippen molar-refractivity contribution < 1.29 is 0 Å². The van der Waals surface area contributed by atoms with Gasteiger partial charge in [0, 0.05) is 26.7 Å². The fourth-order valence-corrected chi connectivity index (χ4v) is 5.42. The van der Waals surface area contributed by atoms with Crippen LogP contribution in [0.3, 0.4) is 0 Å². The highest BCUT2D eigenvalue weighted by Crippen LogP contribution is 2.39. The van der Waals surface area contributed by atoms with Crippen molar-refractivity contribution in [2.24, 2.45) is 0 Å². The highest BCUT2D eigenvalue weighted by atomic mass is 35.5. The van der Waals surface area contributed by atoms with Gasteiger partial charge in [-0.2, -0.15) is 0 Å². The van der Waals surface area contributed by atoms with E-state index < -0.39 is 0 Å². The van der Waals surface area contributed by atoms with E-state index in [1.54, 1.807) is 35.5 Å². The minimum absolute atomic E-state index is 0.646. The van der Waals surface area contributed by atoms with Gasteiger partial charge in [-0.1, -0.05) is 47.5 Å². The summed E-state index contributed by atoms with van der Waals surface area (Å²) in [6.07, 6.45) is 1.63. The highest BCUT2D eigenvalue weighted by Gasteiger charge is 2.14. The molecule has 2 aromatic heterocycles. The third kappa shape index (κ3) is 3.85. The Bertz CT molecular complexity index is 1140. The molecular weight excluding hydrogens is 415 g/mol. The molecule has 4 rings (SSSR count).